The van der Waals surface area contributed by atoms with Crippen LogP contribution < -0.4 is 0 Å². The van der Waals surface area contributed by atoms with Crippen LogP contribution in [0.5, 0.6) is 0 Å². The van der Waals surface area contributed by atoms with Crippen molar-refractivity contribution in [1.29, 1.82) is 0 Å². The molecule has 0 fully saturated rings. The van der Waals surface area contributed by atoms with E-state index in [9.17, 15) is 0 Å². The van der Waals surface area contributed by atoms with Crippen molar-refractivity contribution in [2.45, 2.75) is 10.9 Å². The molecule has 0 aliphatic heterocycles. The minimum Gasteiger partial charge on any atom is -0.419 e. The van der Waals surface area contributed by atoms with E-state index in [-0.39, 0.29) is 0 Å². The number of hydrogen-bond acceptors (Lipinski definition) is 7. The maximum Gasteiger partial charge on any atom is 0.257 e. The van der Waals surface area contributed by atoms with Crippen LogP contribution in [0.4, 0.5) is 0 Å². The summed E-state index contributed by atoms with van der Waals surface area (Å²) < 4.78 is 5.63. The molecule has 0 saturated heterocycles. The van der Waals surface area contributed by atoms with Gasteiger partial charge in [-0.05, 0) is 17.5 Å². The molecule has 0 spiro atoms. The molecule has 22 heavy (non-hydrogen) atoms. The molecule has 6 nitrogen and oxygen atoms in total. The minimum atomic E-state index is 0.534. The van der Waals surface area contributed by atoms with Crippen molar-refractivity contribution >= 4 is 45.9 Å². The zero-order valence-electron chi connectivity index (χ0n) is 11.0. The summed E-state index contributed by atoms with van der Waals surface area (Å²) in [5.41, 5.74) is 1.44. The number of thiophene rings is 1. The number of nitrogens with zero attached hydrogens (tertiary/aromatic N) is 4. The molecule has 0 aliphatic carbocycles. The normalized spacial score (nSPS) is 11.3. The number of thioether (sulfide) groups is 1. The lowest BCUT2D eigenvalue weighted by Crippen LogP contribution is -1.81. The Hall–Kier alpha value is -1.90. The molecule has 110 valence electrons. The summed E-state index contributed by atoms with van der Waals surface area (Å²) >= 11 is 8.94. The lowest BCUT2D eigenvalue weighted by molar-refractivity contribution is 0.529. The Morgan fingerprint density at radius 1 is 1.36 bits per heavy atom. The van der Waals surface area contributed by atoms with Crippen LogP contribution in [-0.4, -0.2) is 25.1 Å². The Bertz CT molecular complexity index is 918. The van der Waals surface area contributed by atoms with Crippen molar-refractivity contribution < 1.29 is 4.42 Å². The predicted octanol–water partition coefficient (Wildman–Crippen LogP) is 4.02. The van der Waals surface area contributed by atoms with Crippen LogP contribution in [-0.2, 0) is 5.75 Å². The van der Waals surface area contributed by atoms with Crippen LogP contribution in [0.25, 0.3) is 21.9 Å². The van der Waals surface area contributed by atoms with Gasteiger partial charge in [0.25, 0.3) is 5.89 Å². The number of fused-ring (bicyclic) bond motifs is 1. The van der Waals surface area contributed by atoms with Gasteiger partial charge in [0.1, 0.15) is 0 Å². The molecule has 0 radical (unpaired) electrons. The Morgan fingerprint density at radius 2 is 2.32 bits per heavy atom. The molecule has 0 aliphatic rings. The number of H-pyrrole nitrogens is 1. The third kappa shape index (κ3) is 2.72. The third-order valence-electron chi connectivity index (χ3n) is 2.81. The fraction of sp³-hybridized carbons (Fsp3) is 0.0769. The zero-order valence-corrected chi connectivity index (χ0v) is 13.4. The molecule has 0 amide bonds. The van der Waals surface area contributed by atoms with Gasteiger partial charge in [0.05, 0.1) is 21.2 Å². The Labute approximate surface area is 138 Å². The molecule has 0 unspecified atom stereocenters. The van der Waals surface area contributed by atoms with Gasteiger partial charge in [0.2, 0.25) is 5.89 Å². The van der Waals surface area contributed by atoms with Crippen molar-refractivity contribution in [3.8, 4) is 10.8 Å². The quantitative estimate of drug-likeness (QED) is 0.560. The van der Waals surface area contributed by atoms with Gasteiger partial charge in [-0.1, -0.05) is 29.4 Å². The van der Waals surface area contributed by atoms with E-state index < -0.39 is 0 Å². The van der Waals surface area contributed by atoms with E-state index >= 15 is 0 Å². The molecule has 1 N–H and O–H groups in total. The van der Waals surface area contributed by atoms with E-state index in [0.29, 0.717) is 28.2 Å². The number of rotatable bonds is 4. The second-order valence-electron chi connectivity index (χ2n) is 4.33. The Balaban J connectivity index is 1.49. The SMILES string of the molecule is Clc1cnc2nc(SCc3nnc(-c4cccs4)o3)[nH]c2c1. The smallest absolute Gasteiger partial charge is 0.257 e. The summed E-state index contributed by atoms with van der Waals surface area (Å²) in [7, 11) is 0. The first-order valence-corrected chi connectivity index (χ1v) is 8.52. The van der Waals surface area contributed by atoms with Crippen molar-refractivity contribution in [2.24, 2.45) is 0 Å². The van der Waals surface area contributed by atoms with E-state index in [0.717, 1.165) is 15.6 Å². The van der Waals surface area contributed by atoms with Gasteiger partial charge in [-0.15, -0.1) is 21.5 Å². The van der Waals surface area contributed by atoms with Crippen LogP contribution in [0.15, 0.2) is 39.3 Å². The van der Waals surface area contributed by atoms with E-state index in [1.165, 1.54) is 11.8 Å². The number of pyridine rings is 1. The molecule has 0 saturated carbocycles. The molecule has 0 aromatic carbocycles. The van der Waals surface area contributed by atoms with E-state index in [1.807, 2.05) is 17.5 Å². The molecule has 4 aromatic rings. The molecule has 0 bridgehead atoms. The third-order valence-corrected chi connectivity index (χ3v) is 4.74. The zero-order chi connectivity index (χ0) is 14.9. The summed E-state index contributed by atoms with van der Waals surface area (Å²) in [6.45, 7) is 0. The standard InChI is InChI=1S/C13H8ClN5OS2/c14-7-4-8-11(15-5-7)17-13(16-8)22-6-10-18-19-12(20-10)9-2-1-3-21-9/h1-5H,6H2,(H,15,16,17). The molecular weight excluding hydrogens is 342 g/mol. The fourth-order valence-corrected chi connectivity index (χ4v) is 3.37. The lowest BCUT2D eigenvalue weighted by atomic mass is 10.4. The van der Waals surface area contributed by atoms with Gasteiger partial charge < -0.3 is 9.40 Å². The van der Waals surface area contributed by atoms with Crippen LogP contribution in [0.3, 0.4) is 0 Å². The number of imidazole rings is 1. The number of aromatic nitrogens is 5. The second-order valence-corrected chi connectivity index (χ2v) is 6.68. The highest BCUT2D eigenvalue weighted by atomic mass is 35.5. The van der Waals surface area contributed by atoms with Crippen molar-refractivity contribution in [1.82, 2.24) is 25.1 Å². The first-order chi connectivity index (χ1) is 10.8. The molecule has 4 rings (SSSR count). The first kappa shape index (κ1) is 13.7. The summed E-state index contributed by atoms with van der Waals surface area (Å²) in [5.74, 6) is 1.63. The van der Waals surface area contributed by atoms with Crippen LogP contribution in [0, 0.1) is 0 Å². The van der Waals surface area contributed by atoms with Gasteiger partial charge in [-0.3, -0.25) is 0 Å². The topological polar surface area (TPSA) is 80.5 Å². The van der Waals surface area contributed by atoms with E-state index in [1.54, 1.807) is 23.6 Å². The highest BCUT2D eigenvalue weighted by Gasteiger charge is 2.11. The first-order valence-electron chi connectivity index (χ1n) is 6.28. The maximum atomic E-state index is 5.90. The van der Waals surface area contributed by atoms with Gasteiger partial charge in [0.15, 0.2) is 10.8 Å². The van der Waals surface area contributed by atoms with E-state index in [2.05, 4.69) is 25.1 Å². The van der Waals surface area contributed by atoms with Crippen LogP contribution >= 0.6 is 34.7 Å². The molecule has 4 aromatic heterocycles. The minimum absolute atomic E-state index is 0.534. The Morgan fingerprint density at radius 3 is 3.18 bits per heavy atom. The molecule has 9 heteroatoms. The van der Waals surface area contributed by atoms with Crippen molar-refractivity contribution in [3.05, 3.63) is 40.7 Å². The number of aromatic amines is 1. The van der Waals surface area contributed by atoms with Gasteiger partial charge in [-0.25, -0.2) is 9.97 Å². The van der Waals surface area contributed by atoms with Crippen LogP contribution in [0.2, 0.25) is 5.02 Å². The number of hydrogen-bond donors (Lipinski definition) is 1. The maximum absolute atomic E-state index is 5.90. The Kier molecular flexibility index (Phi) is 3.57. The molecular formula is C13H8ClN5OS2. The lowest BCUT2D eigenvalue weighted by Gasteiger charge is -1.91. The summed E-state index contributed by atoms with van der Waals surface area (Å²) in [4.78, 5) is 12.7. The van der Waals surface area contributed by atoms with Gasteiger partial charge in [0, 0.05) is 6.20 Å². The van der Waals surface area contributed by atoms with Crippen molar-refractivity contribution in [2.75, 3.05) is 0 Å². The molecule has 4 heterocycles. The highest BCUT2D eigenvalue weighted by Crippen LogP contribution is 2.26. The predicted molar refractivity (Wildman–Crippen MR) is 86.1 cm³/mol. The highest BCUT2D eigenvalue weighted by molar-refractivity contribution is 7.98. The second kappa shape index (κ2) is 5.71. The van der Waals surface area contributed by atoms with Crippen molar-refractivity contribution in [3.63, 3.8) is 0 Å². The fourth-order valence-electron chi connectivity index (χ4n) is 1.86. The average Bonchev–Trinajstić information content (AvgIpc) is 3.24. The van der Waals surface area contributed by atoms with Gasteiger partial charge in [-0.2, -0.15) is 0 Å². The summed E-state index contributed by atoms with van der Waals surface area (Å²) in [5, 5.41) is 11.4. The molecule has 0 atom stereocenters. The van der Waals surface area contributed by atoms with Crippen LogP contribution in [0.1, 0.15) is 5.89 Å². The largest absolute Gasteiger partial charge is 0.419 e. The monoisotopic (exact) mass is 349 g/mol. The van der Waals surface area contributed by atoms with E-state index in [4.69, 9.17) is 16.0 Å². The summed E-state index contributed by atoms with van der Waals surface area (Å²) in [6, 6.07) is 5.69. The number of nitrogens with one attached hydrogen (secondary N) is 1. The van der Waals surface area contributed by atoms with Gasteiger partial charge >= 0.3 is 0 Å². The average molecular weight is 350 g/mol. The summed E-state index contributed by atoms with van der Waals surface area (Å²) in [6.07, 6.45) is 1.57. The number of halogens is 1.